The van der Waals surface area contributed by atoms with Gasteiger partial charge in [-0.2, -0.15) is 4.98 Å². The highest BCUT2D eigenvalue weighted by Gasteiger charge is 2.34. The fourth-order valence-corrected chi connectivity index (χ4v) is 3.02. The highest BCUT2D eigenvalue weighted by Crippen LogP contribution is 2.19. The van der Waals surface area contributed by atoms with Crippen molar-refractivity contribution >= 4 is 39.0 Å². The average Bonchev–Trinajstić information content (AvgIpc) is 2.47. The van der Waals surface area contributed by atoms with E-state index in [9.17, 15) is 9.59 Å². The lowest BCUT2D eigenvalue weighted by molar-refractivity contribution is 0.0104. The van der Waals surface area contributed by atoms with Crippen molar-refractivity contribution in [1.82, 2.24) is 19.4 Å². The standard InChI is InChI=1S/C16H20BrN5O3/c1-16(2,3)25-15(24)22-7-10(8-22)19-14-18-6-9-5-11(17)13(23)21(4)12(9)20-14/h5-6,10H,7-8H2,1-4H3,(H,18,19,20). The zero-order chi connectivity index (χ0) is 18.4. The number of carbonyl (C=O) groups excluding carboxylic acids is 1. The average molecular weight is 410 g/mol. The van der Waals surface area contributed by atoms with Gasteiger partial charge in [-0.15, -0.1) is 0 Å². The molecular weight excluding hydrogens is 390 g/mol. The van der Waals surface area contributed by atoms with Gasteiger partial charge in [0.05, 0.1) is 10.5 Å². The Balaban J connectivity index is 1.67. The number of rotatable bonds is 2. The second-order valence-corrected chi connectivity index (χ2v) is 7.91. The number of fused-ring (bicyclic) bond motifs is 1. The van der Waals surface area contributed by atoms with E-state index in [0.717, 1.165) is 5.39 Å². The molecular formula is C16H20BrN5O3. The maximum absolute atomic E-state index is 12.0. The molecule has 1 aliphatic rings. The Hall–Kier alpha value is -2.16. The van der Waals surface area contributed by atoms with Crippen LogP contribution in [0.3, 0.4) is 0 Å². The van der Waals surface area contributed by atoms with Gasteiger partial charge in [-0.3, -0.25) is 9.36 Å². The fourth-order valence-electron chi connectivity index (χ4n) is 2.50. The molecule has 0 unspecified atom stereocenters. The van der Waals surface area contributed by atoms with Gasteiger partial charge >= 0.3 is 6.09 Å². The summed E-state index contributed by atoms with van der Waals surface area (Å²) in [5.41, 5.74) is -0.109. The lowest BCUT2D eigenvalue weighted by atomic mass is 10.1. The molecule has 134 valence electrons. The second-order valence-electron chi connectivity index (χ2n) is 7.06. The number of likely N-dealkylation sites (tertiary alicyclic amines) is 1. The number of hydrogen-bond donors (Lipinski definition) is 1. The van der Waals surface area contributed by atoms with E-state index in [4.69, 9.17) is 4.74 Å². The number of amides is 1. The van der Waals surface area contributed by atoms with Gasteiger partial charge in [-0.25, -0.2) is 9.78 Å². The molecule has 3 rings (SSSR count). The van der Waals surface area contributed by atoms with Crippen molar-refractivity contribution in [1.29, 1.82) is 0 Å². The molecule has 0 bridgehead atoms. The Morgan fingerprint density at radius 1 is 1.40 bits per heavy atom. The second kappa shape index (κ2) is 6.29. The van der Waals surface area contributed by atoms with Gasteiger partial charge in [0.15, 0.2) is 0 Å². The number of halogens is 1. The first-order valence-corrected chi connectivity index (χ1v) is 8.70. The Bertz CT molecular complexity index is 884. The number of aryl methyl sites for hydroxylation is 1. The first kappa shape index (κ1) is 17.7. The molecule has 1 fully saturated rings. The Morgan fingerprint density at radius 3 is 2.72 bits per heavy atom. The minimum absolute atomic E-state index is 0.0532. The van der Waals surface area contributed by atoms with E-state index in [-0.39, 0.29) is 17.7 Å². The number of aromatic nitrogens is 3. The molecule has 1 aliphatic heterocycles. The van der Waals surface area contributed by atoms with Crippen LogP contribution in [0, 0.1) is 0 Å². The SMILES string of the molecule is Cn1c(=O)c(Br)cc2cnc(NC3CN(C(=O)OC(C)(C)C)C3)nc21. The highest BCUT2D eigenvalue weighted by molar-refractivity contribution is 9.10. The summed E-state index contributed by atoms with van der Waals surface area (Å²) in [5.74, 6) is 0.429. The Morgan fingerprint density at radius 2 is 2.08 bits per heavy atom. The number of nitrogens with zero attached hydrogens (tertiary/aromatic N) is 4. The summed E-state index contributed by atoms with van der Waals surface area (Å²) in [5, 5.41) is 3.95. The minimum atomic E-state index is -0.504. The summed E-state index contributed by atoms with van der Waals surface area (Å²) in [6.07, 6.45) is 1.34. The van der Waals surface area contributed by atoms with E-state index in [1.165, 1.54) is 4.57 Å². The maximum atomic E-state index is 12.0. The van der Waals surface area contributed by atoms with Gasteiger partial charge in [0.1, 0.15) is 11.2 Å². The third-order valence-corrected chi connectivity index (χ3v) is 4.34. The molecule has 0 spiro atoms. The number of hydrogen-bond acceptors (Lipinski definition) is 6. The molecule has 3 heterocycles. The van der Waals surface area contributed by atoms with Crippen molar-refractivity contribution in [2.75, 3.05) is 18.4 Å². The molecule has 0 radical (unpaired) electrons. The molecule has 1 saturated heterocycles. The van der Waals surface area contributed by atoms with Crippen LogP contribution >= 0.6 is 15.9 Å². The van der Waals surface area contributed by atoms with Gasteiger partial charge < -0.3 is 15.0 Å². The summed E-state index contributed by atoms with van der Waals surface area (Å²) >= 11 is 3.23. The molecule has 9 heteroatoms. The lowest BCUT2D eigenvalue weighted by Gasteiger charge is -2.39. The summed E-state index contributed by atoms with van der Waals surface area (Å²) in [6, 6.07) is 1.76. The molecule has 0 aliphatic carbocycles. The van der Waals surface area contributed by atoms with Crippen LogP contribution in [-0.2, 0) is 11.8 Å². The molecule has 25 heavy (non-hydrogen) atoms. The number of pyridine rings is 1. The van der Waals surface area contributed by atoms with E-state index in [1.807, 2.05) is 20.8 Å². The quantitative estimate of drug-likeness (QED) is 0.816. The molecule has 2 aromatic heterocycles. The van der Waals surface area contributed by atoms with Crippen molar-refractivity contribution in [3.63, 3.8) is 0 Å². The topological polar surface area (TPSA) is 89.4 Å². The third-order valence-electron chi connectivity index (χ3n) is 3.77. The Labute approximate surface area is 153 Å². The van der Waals surface area contributed by atoms with Gasteiger partial charge in [0.2, 0.25) is 5.95 Å². The molecule has 1 N–H and O–H groups in total. The number of anilines is 1. The van der Waals surface area contributed by atoms with Crippen molar-refractivity contribution in [2.24, 2.45) is 7.05 Å². The molecule has 0 atom stereocenters. The van der Waals surface area contributed by atoms with Crippen LogP contribution in [0.1, 0.15) is 20.8 Å². The van der Waals surface area contributed by atoms with Crippen molar-refractivity contribution in [3.05, 3.63) is 27.1 Å². The third kappa shape index (κ3) is 3.76. The van der Waals surface area contributed by atoms with E-state index in [1.54, 1.807) is 24.2 Å². The van der Waals surface area contributed by atoms with Crippen LogP contribution in [0.5, 0.6) is 0 Å². The molecule has 0 saturated carbocycles. The van der Waals surface area contributed by atoms with E-state index in [2.05, 4.69) is 31.2 Å². The fraction of sp³-hybridized carbons (Fsp3) is 0.500. The molecule has 8 nitrogen and oxygen atoms in total. The predicted octanol–water partition coefficient (Wildman–Crippen LogP) is 2.12. The number of carbonyl (C=O) groups is 1. The van der Waals surface area contributed by atoms with Crippen LogP contribution < -0.4 is 10.9 Å². The van der Waals surface area contributed by atoms with Crippen LogP contribution in [0.2, 0.25) is 0 Å². The van der Waals surface area contributed by atoms with E-state index < -0.39 is 5.60 Å². The number of ether oxygens (including phenoxy) is 1. The van der Waals surface area contributed by atoms with E-state index >= 15 is 0 Å². The monoisotopic (exact) mass is 409 g/mol. The smallest absolute Gasteiger partial charge is 0.410 e. The van der Waals surface area contributed by atoms with Gasteiger partial charge in [0, 0.05) is 31.7 Å². The highest BCUT2D eigenvalue weighted by atomic mass is 79.9. The van der Waals surface area contributed by atoms with Crippen LogP contribution in [-0.4, -0.2) is 50.3 Å². The Kier molecular flexibility index (Phi) is 4.44. The van der Waals surface area contributed by atoms with Crippen LogP contribution in [0.4, 0.5) is 10.7 Å². The summed E-state index contributed by atoms with van der Waals surface area (Å²) in [6.45, 7) is 6.56. The maximum Gasteiger partial charge on any atom is 0.410 e. The normalized spacial score (nSPS) is 15.2. The van der Waals surface area contributed by atoms with Crippen LogP contribution in [0.25, 0.3) is 11.0 Å². The molecule has 1 amide bonds. The number of nitrogens with one attached hydrogen (secondary N) is 1. The summed E-state index contributed by atoms with van der Waals surface area (Å²) < 4.78 is 7.27. The first-order valence-electron chi connectivity index (χ1n) is 7.91. The molecule has 0 aromatic carbocycles. The molecule has 2 aromatic rings. The predicted molar refractivity (Wildman–Crippen MR) is 97.7 cm³/mol. The lowest BCUT2D eigenvalue weighted by Crippen LogP contribution is -2.58. The first-order chi connectivity index (χ1) is 11.6. The van der Waals surface area contributed by atoms with E-state index in [0.29, 0.717) is 29.2 Å². The van der Waals surface area contributed by atoms with Gasteiger partial charge in [0.25, 0.3) is 5.56 Å². The largest absolute Gasteiger partial charge is 0.444 e. The van der Waals surface area contributed by atoms with Gasteiger partial charge in [-0.1, -0.05) is 0 Å². The van der Waals surface area contributed by atoms with Gasteiger partial charge in [-0.05, 0) is 42.8 Å². The van der Waals surface area contributed by atoms with Crippen LogP contribution in [0.15, 0.2) is 21.5 Å². The summed E-state index contributed by atoms with van der Waals surface area (Å²) in [4.78, 5) is 34.2. The minimum Gasteiger partial charge on any atom is -0.444 e. The van der Waals surface area contributed by atoms with Crippen molar-refractivity contribution in [3.8, 4) is 0 Å². The zero-order valence-corrected chi connectivity index (χ0v) is 16.1. The van der Waals surface area contributed by atoms with Crippen molar-refractivity contribution in [2.45, 2.75) is 32.4 Å². The van der Waals surface area contributed by atoms with Crippen molar-refractivity contribution < 1.29 is 9.53 Å². The summed E-state index contributed by atoms with van der Waals surface area (Å²) in [7, 11) is 1.67. The zero-order valence-electron chi connectivity index (χ0n) is 14.5.